The van der Waals surface area contributed by atoms with Gasteiger partial charge in [0.25, 0.3) is 5.91 Å². The van der Waals surface area contributed by atoms with Crippen LogP contribution in [0.4, 0.5) is 5.13 Å². The van der Waals surface area contributed by atoms with Crippen LogP contribution in [0.5, 0.6) is 0 Å². The molecule has 0 aliphatic heterocycles. The van der Waals surface area contributed by atoms with E-state index in [-0.39, 0.29) is 24.3 Å². The molecule has 27 heavy (non-hydrogen) atoms. The van der Waals surface area contributed by atoms with Gasteiger partial charge in [0.1, 0.15) is 6.54 Å². The summed E-state index contributed by atoms with van der Waals surface area (Å²) in [6, 6.07) is 13.5. The highest BCUT2D eigenvalue weighted by Crippen LogP contribution is 2.21. The lowest BCUT2D eigenvalue weighted by Crippen LogP contribution is -2.40. The molecule has 0 fully saturated rings. The molecule has 2 amide bonds. The van der Waals surface area contributed by atoms with Gasteiger partial charge in [0.05, 0.1) is 5.69 Å². The van der Waals surface area contributed by atoms with Crippen molar-refractivity contribution in [1.29, 1.82) is 0 Å². The van der Waals surface area contributed by atoms with Gasteiger partial charge in [0, 0.05) is 17.5 Å². The van der Waals surface area contributed by atoms with Crippen LogP contribution in [0.2, 0.25) is 0 Å². The normalized spacial score (nSPS) is 11.0. The molecule has 0 spiro atoms. The van der Waals surface area contributed by atoms with E-state index in [1.54, 1.807) is 4.90 Å². The summed E-state index contributed by atoms with van der Waals surface area (Å²) in [7, 11) is 0. The number of nitrogens with one attached hydrogen (secondary N) is 1. The molecule has 140 valence electrons. The number of nitrogens with zero attached hydrogens (tertiary/aromatic N) is 2. The second kappa shape index (κ2) is 8.31. The Morgan fingerprint density at radius 2 is 1.89 bits per heavy atom. The average molecular weight is 382 g/mol. The number of aryl methyl sites for hydroxylation is 1. The Hall–Kier alpha value is -2.73. The van der Waals surface area contributed by atoms with Crippen LogP contribution in [-0.2, 0) is 4.79 Å². The molecule has 5 nitrogen and oxygen atoms in total. The maximum absolute atomic E-state index is 13.2. The number of anilines is 1. The Labute approximate surface area is 163 Å². The highest BCUT2D eigenvalue weighted by atomic mass is 32.1. The van der Waals surface area contributed by atoms with Gasteiger partial charge in [-0.15, -0.1) is 11.3 Å². The zero-order chi connectivity index (χ0) is 19.4. The van der Waals surface area contributed by atoms with E-state index in [2.05, 4.69) is 10.3 Å². The Morgan fingerprint density at radius 1 is 1.15 bits per heavy atom. The summed E-state index contributed by atoms with van der Waals surface area (Å²) < 4.78 is 0. The summed E-state index contributed by atoms with van der Waals surface area (Å²) in [5.74, 6) is -0.122. The number of aromatic nitrogens is 1. The molecule has 2 aromatic carbocycles. The number of rotatable bonds is 6. The fraction of sp³-hybridized carbons (Fsp3) is 0.286. The quantitative estimate of drug-likeness (QED) is 0.691. The van der Waals surface area contributed by atoms with E-state index in [1.807, 2.05) is 68.6 Å². The van der Waals surface area contributed by atoms with Crippen molar-refractivity contribution >= 4 is 39.1 Å². The van der Waals surface area contributed by atoms with Crippen molar-refractivity contribution < 1.29 is 9.59 Å². The first-order valence-corrected chi connectivity index (χ1v) is 9.81. The van der Waals surface area contributed by atoms with E-state index < -0.39 is 0 Å². The lowest BCUT2D eigenvalue weighted by molar-refractivity contribution is -0.117. The maximum atomic E-state index is 13.2. The van der Waals surface area contributed by atoms with E-state index in [9.17, 15) is 9.59 Å². The van der Waals surface area contributed by atoms with Gasteiger partial charge < -0.3 is 10.2 Å². The fourth-order valence-electron chi connectivity index (χ4n) is 2.99. The SMILES string of the molecule is Cc1csc(NC(=O)CN(CC(C)C)C(=O)c2cccc3ccccc23)n1. The molecule has 0 aliphatic rings. The van der Waals surface area contributed by atoms with Crippen LogP contribution in [0.25, 0.3) is 10.8 Å². The predicted octanol–water partition coefficient (Wildman–Crippen LogP) is 4.34. The number of amides is 2. The van der Waals surface area contributed by atoms with Crippen LogP contribution in [0, 0.1) is 12.8 Å². The molecule has 3 aromatic rings. The number of benzene rings is 2. The summed E-state index contributed by atoms with van der Waals surface area (Å²) in [5.41, 5.74) is 1.48. The van der Waals surface area contributed by atoms with Gasteiger partial charge in [-0.3, -0.25) is 9.59 Å². The Bertz CT molecular complexity index is 959. The third-order valence-electron chi connectivity index (χ3n) is 4.09. The Balaban J connectivity index is 1.83. The molecule has 0 atom stereocenters. The lowest BCUT2D eigenvalue weighted by atomic mass is 10.0. The van der Waals surface area contributed by atoms with Crippen LogP contribution in [0.15, 0.2) is 47.8 Å². The zero-order valence-electron chi connectivity index (χ0n) is 15.7. The van der Waals surface area contributed by atoms with Crippen LogP contribution in [0.3, 0.4) is 0 Å². The molecular formula is C21H23N3O2S. The lowest BCUT2D eigenvalue weighted by Gasteiger charge is -2.24. The number of hydrogen-bond donors (Lipinski definition) is 1. The fourth-order valence-corrected chi connectivity index (χ4v) is 3.69. The van der Waals surface area contributed by atoms with Crippen molar-refractivity contribution in [3.63, 3.8) is 0 Å². The number of hydrogen-bond acceptors (Lipinski definition) is 4. The van der Waals surface area contributed by atoms with Gasteiger partial charge in [-0.2, -0.15) is 0 Å². The third-order valence-corrected chi connectivity index (χ3v) is 4.97. The van der Waals surface area contributed by atoms with E-state index in [1.165, 1.54) is 11.3 Å². The van der Waals surface area contributed by atoms with Gasteiger partial charge in [-0.05, 0) is 29.7 Å². The topological polar surface area (TPSA) is 62.3 Å². The molecular weight excluding hydrogens is 358 g/mol. The van der Waals surface area contributed by atoms with Gasteiger partial charge >= 0.3 is 0 Å². The van der Waals surface area contributed by atoms with Crippen LogP contribution in [-0.4, -0.2) is 34.8 Å². The summed E-state index contributed by atoms with van der Waals surface area (Å²) in [6.45, 7) is 6.45. The van der Waals surface area contributed by atoms with Crippen LogP contribution >= 0.6 is 11.3 Å². The largest absolute Gasteiger partial charge is 0.329 e. The molecule has 3 rings (SSSR count). The second-order valence-corrected chi connectivity index (χ2v) is 7.81. The molecule has 6 heteroatoms. The minimum atomic E-state index is -0.237. The maximum Gasteiger partial charge on any atom is 0.254 e. The molecule has 0 saturated heterocycles. The van der Waals surface area contributed by atoms with Crippen molar-refractivity contribution in [1.82, 2.24) is 9.88 Å². The molecule has 0 radical (unpaired) electrons. The zero-order valence-corrected chi connectivity index (χ0v) is 16.5. The molecule has 0 aliphatic carbocycles. The Kier molecular flexibility index (Phi) is 5.86. The molecule has 1 aromatic heterocycles. The molecule has 0 unspecified atom stereocenters. The van der Waals surface area contributed by atoms with Gasteiger partial charge in [-0.25, -0.2) is 4.98 Å². The van der Waals surface area contributed by atoms with Crippen LogP contribution < -0.4 is 5.32 Å². The van der Waals surface area contributed by atoms with Gasteiger partial charge in [0.15, 0.2) is 5.13 Å². The van der Waals surface area contributed by atoms with Crippen molar-refractivity contribution in [3.05, 3.63) is 59.1 Å². The van der Waals surface area contributed by atoms with Crippen molar-refractivity contribution in [2.75, 3.05) is 18.4 Å². The van der Waals surface area contributed by atoms with Crippen molar-refractivity contribution in [2.24, 2.45) is 5.92 Å². The predicted molar refractivity (Wildman–Crippen MR) is 110 cm³/mol. The highest BCUT2D eigenvalue weighted by molar-refractivity contribution is 7.13. The van der Waals surface area contributed by atoms with E-state index in [0.29, 0.717) is 17.2 Å². The van der Waals surface area contributed by atoms with Crippen molar-refractivity contribution in [3.8, 4) is 0 Å². The number of carbonyl (C=O) groups is 2. The van der Waals surface area contributed by atoms with Gasteiger partial charge in [0.2, 0.25) is 5.91 Å². The number of fused-ring (bicyclic) bond motifs is 1. The Morgan fingerprint density at radius 3 is 2.59 bits per heavy atom. The number of thiazole rings is 1. The summed E-state index contributed by atoms with van der Waals surface area (Å²) in [5, 5.41) is 7.13. The third kappa shape index (κ3) is 4.71. The smallest absolute Gasteiger partial charge is 0.254 e. The van der Waals surface area contributed by atoms with Crippen molar-refractivity contribution in [2.45, 2.75) is 20.8 Å². The standard InChI is InChI=1S/C21H23N3O2S/c1-14(2)11-24(12-19(25)23-21-22-15(3)13-27-21)20(26)18-10-6-8-16-7-4-5-9-17(16)18/h4-10,13-14H,11-12H2,1-3H3,(H,22,23,25). The first-order chi connectivity index (χ1) is 12.9. The minimum Gasteiger partial charge on any atom is -0.329 e. The van der Waals surface area contributed by atoms with E-state index in [0.717, 1.165) is 16.5 Å². The average Bonchev–Trinajstić information content (AvgIpc) is 3.04. The summed E-state index contributed by atoms with van der Waals surface area (Å²) in [4.78, 5) is 31.6. The molecule has 1 N–H and O–H groups in total. The summed E-state index contributed by atoms with van der Waals surface area (Å²) >= 11 is 1.38. The van der Waals surface area contributed by atoms with Crippen LogP contribution in [0.1, 0.15) is 29.9 Å². The second-order valence-electron chi connectivity index (χ2n) is 6.95. The molecule has 0 bridgehead atoms. The first kappa shape index (κ1) is 19.0. The summed E-state index contributed by atoms with van der Waals surface area (Å²) in [6.07, 6.45) is 0. The molecule has 1 heterocycles. The molecule has 0 saturated carbocycles. The van der Waals surface area contributed by atoms with E-state index >= 15 is 0 Å². The first-order valence-electron chi connectivity index (χ1n) is 8.93. The number of carbonyl (C=O) groups excluding carboxylic acids is 2. The van der Waals surface area contributed by atoms with Gasteiger partial charge in [-0.1, -0.05) is 50.2 Å². The highest BCUT2D eigenvalue weighted by Gasteiger charge is 2.22. The minimum absolute atomic E-state index is 0.00113. The monoisotopic (exact) mass is 381 g/mol. The van der Waals surface area contributed by atoms with E-state index in [4.69, 9.17) is 0 Å².